The average Bonchev–Trinajstić information content (AvgIpc) is 2.65. The zero-order valence-electron chi connectivity index (χ0n) is 20.3. The molecule has 1 aromatic rings. The largest absolute Gasteiger partial charge is 0.472 e. The molecule has 4 N–H and O–H groups in total. The van der Waals surface area contributed by atoms with Crippen LogP contribution in [0.25, 0.3) is 0 Å². The molecule has 1 aromatic heterocycles. The van der Waals surface area contributed by atoms with E-state index in [1.165, 1.54) is 16.8 Å². The van der Waals surface area contributed by atoms with E-state index in [9.17, 15) is 19.4 Å². The van der Waals surface area contributed by atoms with Crippen molar-refractivity contribution in [3.63, 3.8) is 0 Å². The van der Waals surface area contributed by atoms with Crippen LogP contribution in [0.5, 0.6) is 0 Å². The first-order valence-electron chi connectivity index (χ1n) is 11.0. The number of aliphatic hydroxyl groups excluding tert-OH is 1. The van der Waals surface area contributed by atoms with Crippen molar-refractivity contribution in [3.8, 4) is 0 Å². The van der Waals surface area contributed by atoms with Crippen molar-refractivity contribution in [2.75, 3.05) is 12.3 Å². The lowest BCUT2D eigenvalue weighted by molar-refractivity contribution is -0.158. The first-order valence-corrected chi connectivity index (χ1v) is 12.5. The van der Waals surface area contributed by atoms with Crippen molar-refractivity contribution in [1.82, 2.24) is 9.55 Å². The van der Waals surface area contributed by atoms with Gasteiger partial charge in [-0.25, -0.2) is 9.36 Å². The number of aliphatic hydroxyl groups is 1. The number of aromatic nitrogens is 2. The minimum Gasteiger partial charge on any atom is -0.389 e. The Morgan fingerprint density at radius 2 is 1.91 bits per heavy atom. The third-order valence-corrected chi connectivity index (χ3v) is 6.31. The summed E-state index contributed by atoms with van der Waals surface area (Å²) in [5.74, 6) is -0.399. The topological polar surface area (TPSA) is 146 Å². The zero-order chi connectivity index (χ0) is 24.7. The summed E-state index contributed by atoms with van der Waals surface area (Å²) in [4.78, 5) is 25.8. The smallest absolute Gasteiger partial charge is 0.389 e. The monoisotopic (exact) mass is 477 g/mol. The number of hydrogen-bond acceptors (Lipinski definition) is 8. The van der Waals surface area contributed by atoms with Crippen LogP contribution in [0.2, 0.25) is 0 Å². The standard InChI is InChI=1S/C21H40N3O7P/c1-8-11-21(7,9-2)30-18(15(3)14-29-32(27,28)31-20(4,5)6)16(25)13-24-12-10-17(22)23-19(24)26/h10,12,15-16,18,25H,8-9,11,13-14H2,1-7H3,(H,27,28)(H2,22,23,26). The Balaban J connectivity index is 3.07. The molecule has 0 saturated heterocycles. The molecule has 0 aliphatic carbocycles. The van der Waals surface area contributed by atoms with Crippen LogP contribution in [0.3, 0.4) is 0 Å². The third-order valence-electron chi connectivity index (χ3n) is 5.06. The van der Waals surface area contributed by atoms with E-state index >= 15 is 0 Å². The normalized spacial score (nSPS) is 19.0. The van der Waals surface area contributed by atoms with E-state index in [2.05, 4.69) is 4.98 Å². The van der Waals surface area contributed by atoms with Crippen LogP contribution in [0.1, 0.15) is 67.7 Å². The maximum Gasteiger partial charge on any atom is 0.472 e. The van der Waals surface area contributed by atoms with Crippen molar-refractivity contribution in [1.29, 1.82) is 0 Å². The Labute approximate surface area is 190 Å². The Morgan fingerprint density at radius 3 is 2.41 bits per heavy atom. The Morgan fingerprint density at radius 1 is 1.28 bits per heavy atom. The molecule has 5 atom stereocenters. The van der Waals surface area contributed by atoms with Gasteiger partial charge in [0.25, 0.3) is 0 Å². The van der Waals surface area contributed by atoms with E-state index in [1.54, 1.807) is 27.7 Å². The molecule has 10 nitrogen and oxygen atoms in total. The summed E-state index contributed by atoms with van der Waals surface area (Å²) >= 11 is 0. The highest BCUT2D eigenvalue weighted by Gasteiger charge is 2.36. The van der Waals surface area contributed by atoms with Gasteiger partial charge in [0.15, 0.2) is 0 Å². The molecule has 5 unspecified atom stereocenters. The molecule has 0 aliphatic rings. The maximum atomic E-state index is 12.3. The predicted molar refractivity (Wildman–Crippen MR) is 123 cm³/mol. The van der Waals surface area contributed by atoms with E-state index in [-0.39, 0.29) is 19.0 Å². The van der Waals surface area contributed by atoms with E-state index in [0.717, 1.165) is 12.8 Å². The molecule has 1 heterocycles. The molecular formula is C21H40N3O7P. The number of nitrogen functional groups attached to an aromatic ring is 1. The summed E-state index contributed by atoms with van der Waals surface area (Å²) in [6.07, 6.45) is 1.90. The minimum absolute atomic E-state index is 0.0810. The number of nitrogens with two attached hydrogens (primary N) is 1. The van der Waals surface area contributed by atoms with Gasteiger partial charge in [0.2, 0.25) is 0 Å². The molecule has 1 rings (SSSR count). The van der Waals surface area contributed by atoms with E-state index in [4.69, 9.17) is 19.5 Å². The molecule has 32 heavy (non-hydrogen) atoms. The molecule has 0 aliphatic heterocycles. The zero-order valence-corrected chi connectivity index (χ0v) is 21.2. The lowest BCUT2D eigenvalue weighted by Crippen LogP contribution is -2.46. The molecule has 0 bridgehead atoms. The number of ether oxygens (including phenoxy) is 1. The van der Waals surface area contributed by atoms with Gasteiger partial charge in [0.1, 0.15) is 5.82 Å². The van der Waals surface area contributed by atoms with Crippen LogP contribution < -0.4 is 11.4 Å². The molecule has 0 radical (unpaired) electrons. The number of rotatable bonds is 13. The van der Waals surface area contributed by atoms with Crippen LogP contribution in [0, 0.1) is 5.92 Å². The lowest BCUT2D eigenvalue weighted by atomic mass is 9.94. The first-order chi connectivity index (χ1) is 14.6. The summed E-state index contributed by atoms with van der Waals surface area (Å²) < 4.78 is 30.2. The van der Waals surface area contributed by atoms with E-state index in [0.29, 0.717) is 6.42 Å². The van der Waals surface area contributed by atoms with Crippen molar-refractivity contribution in [2.45, 2.75) is 97.7 Å². The van der Waals surface area contributed by atoms with Crippen molar-refractivity contribution in [3.05, 3.63) is 22.7 Å². The Kier molecular flexibility index (Phi) is 10.5. The first kappa shape index (κ1) is 28.7. The number of nitrogens with zero attached hydrogens (tertiary/aromatic N) is 2. The van der Waals surface area contributed by atoms with Gasteiger partial charge >= 0.3 is 13.5 Å². The minimum atomic E-state index is -4.30. The van der Waals surface area contributed by atoms with Gasteiger partial charge in [-0.1, -0.05) is 27.2 Å². The van der Waals surface area contributed by atoms with Crippen molar-refractivity contribution >= 4 is 13.6 Å². The second-order valence-corrected chi connectivity index (χ2v) is 10.8. The van der Waals surface area contributed by atoms with Crippen LogP contribution in [0.4, 0.5) is 5.82 Å². The lowest BCUT2D eigenvalue weighted by Gasteiger charge is -2.38. The predicted octanol–water partition coefficient (Wildman–Crippen LogP) is 3.11. The number of anilines is 1. The fraction of sp³-hybridized carbons (Fsp3) is 0.810. The SMILES string of the molecule is CCCC(C)(CC)OC(C(C)COP(=O)(O)OC(C)(C)C)C(O)Cn1ccc(N)nc1=O. The summed E-state index contributed by atoms with van der Waals surface area (Å²) in [5.41, 5.74) is 3.56. The average molecular weight is 478 g/mol. The van der Waals surface area contributed by atoms with Gasteiger partial charge in [0, 0.05) is 12.1 Å². The Hall–Kier alpha value is -1.29. The quantitative estimate of drug-likeness (QED) is 0.365. The third kappa shape index (κ3) is 9.68. The molecule has 0 fully saturated rings. The summed E-state index contributed by atoms with van der Waals surface area (Å²) in [6.45, 7) is 12.4. The van der Waals surface area contributed by atoms with Crippen molar-refractivity contribution < 1.29 is 28.3 Å². The van der Waals surface area contributed by atoms with Gasteiger partial charge in [-0.15, -0.1) is 0 Å². The molecular weight excluding hydrogens is 437 g/mol. The number of hydrogen-bond donors (Lipinski definition) is 3. The van der Waals surface area contributed by atoms with E-state index < -0.39 is 42.8 Å². The number of phosphoric ester groups is 1. The van der Waals surface area contributed by atoms with Gasteiger partial charge in [-0.05, 0) is 46.6 Å². The van der Waals surface area contributed by atoms with E-state index in [1.807, 2.05) is 20.8 Å². The fourth-order valence-electron chi connectivity index (χ4n) is 3.32. The second kappa shape index (κ2) is 11.7. The van der Waals surface area contributed by atoms with Crippen LogP contribution in [-0.2, 0) is 24.9 Å². The molecule has 11 heteroatoms. The highest BCUT2D eigenvalue weighted by molar-refractivity contribution is 7.47. The summed E-state index contributed by atoms with van der Waals surface area (Å²) in [7, 11) is -4.30. The molecule has 186 valence electrons. The van der Waals surface area contributed by atoms with Crippen LogP contribution in [0.15, 0.2) is 17.1 Å². The van der Waals surface area contributed by atoms with Gasteiger partial charge in [0.05, 0.1) is 36.6 Å². The van der Waals surface area contributed by atoms with Crippen LogP contribution in [-0.4, -0.2) is 49.6 Å². The van der Waals surface area contributed by atoms with Crippen LogP contribution >= 0.6 is 7.82 Å². The highest BCUT2D eigenvalue weighted by atomic mass is 31.2. The molecule has 0 amide bonds. The van der Waals surface area contributed by atoms with Gasteiger partial charge in [-0.3, -0.25) is 13.6 Å². The van der Waals surface area contributed by atoms with Crippen molar-refractivity contribution in [2.24, 2.45) is 5.92 Å². The highest BCUT2D eigenvalue weighted by Crippen LogP contribution is 2.47. The molecule has 0 saturated carbocycles. The summed E-state index contributed by atoms with van der Waals surface area (Å²) in [5, 5.41) is 11.0. The maximum absolute atomic E-state index is 12.3. The number of phosphoric acid groups is 1. The van der Waals surface area contributed by atoms with Gasteiger partial charge < -0.3 is 20.5 Å². The summed E-state index contributed by atoms with van der Waals surface area (Å²) in [6, 6.07) is 1.47. The molecule has 0 spiro atoms. The Bertz CT molecular complexity index is 826. The second-order valence-electron chi connectivity index (χ2n) is 9.44. The molecule has 0 aromatic carbocycles. The van der Waals surface area contributed by atoms with Gasteiger partial charge in [-0.2, -0.15) is 4.98 Å². The fourth-order valence-corrected chi connectivity index (χ4v) is 4.48.